The van der Waals surface area contributed by atoms with Gasteiger partial charge in [0, 0.05) is 34.7 Å². The van der Waals surface area contributed by atoms with Crippen molar-refractivity contribution in [1.29, 1.82) is 0 Å². The minimum atomic E-state index is -3.59. The minimum Gasteiger partial charge on any atom is -0.376 e. The van der Waals surface area contributed by atoms with Crippen molar-refractivity contribution >= 4 is 27.3 Å². The number of aryl methyl sites for hydroxylation is 1. The second-order valence-corrected chi connectivity index (χ2v) is 9.72. The maximum Gasteiger partial charge on any atom is 0.242 e. The molecule has 7 nitrogen and oxygen atoms in total. The summed E-state index contributed by atoms with van der Waals surface area (Å²) in [7, 11) is 4.93. The molecule has 0 bridgehead atoms. The van der Waals surface area contributed by atoms with Crippen molar-refractivity contribution < 1.29 is 13.2 Å². The molecular weight excluding hydrogens is 388 g/mol. The molecule has 0 saturated carbocycles. The first kappa shape index (κ1) is 22.9. The van der Waals surface area contributed by atoms with Crippen molar-refractivity contribution in [3.63, 3.8) is 0 Å². The van der Waals surface area contributed by atoms with Crippen LogP contribution < -0.4 is 10.2 Å². The SMILES string of the molecule is Cc1ccc(CN(C)CC(=O)Nc2cc(S(=O)(=O)N(C)C)ccc2N(C)C)cc1. The lowest BCUT2D eigenvalue weighted by molar-refractivity contribution is -0.117. The van der Waals surface area contributed by atoms with Gasteiger partial charge < -0.3 is 10.2 Å². The molecule has 1 N–H and O–H groups in total. The summed E-state index contributed by atoms with van der Waals surface area (Å²) >= 11 is 0. The second-order valence-electron chi connectivity index (χ2n) is 7.57. The van der Waals surface area contributed by atoms with Gasteiger partial charge in [-0.3, -0.25) is 9.69 Å². The van der Waals surface area contributed by atoms with Crippen LogP contribution in [-0.4, -0.2) is 65.3 Å². The molecule has 2 aromatic carbocycles. The van der Waals surface area contributed by atoms with Gasteiger partial charge in [-0.15, -0.1) is 0 Å². The molecule has 2 rings (SSSR count). The first-order valence-electron chi connectivity index (χ1n) is 9.28. The van der Waals surface area contributed by atoms with Gasteiger partial charge in [0.25, 0.3) is 0 Å². The third-order valence-electron chi connectivity index (χ3n) is 4.49. The Morgan fingerprint density at radius 2 is 1.59 bits per heavy atom. The third-order valence-corrected chi connectivity index (χ3v) is 6.30. The van der Waals surface area contributed by atoms with Gasteiger partial charge >= 0.3 is 0 Å². The lowest BCUT2D eigenvalue weighted by Gasteiger charge is -2.21. The van der Waals surface area contributed by atoms with E-state index in [1.807, 2.05) is 62.1 Å². The number of nitrogens with zero attached hydrogens (tertiary/aromatic N) is 3. The van der Waals surface area contributed by atoms with E-state index in [-0.39, 0.29) is 17.3 Å². The summed E-state index contributed by atoms with van der Waals surface area (Å²) in [6.07, 6.45) is 0. The van der Waals surface area contributed by atoms with E-state index < -0.39 is 10.0 Å². The van der Waals surface area contributed by atoms with Crippen molar-refractivity contribution in [2.24, 2.45) is 0 Å². The molecule has 0 radical (unpaired) electrons. The van der Waals surface area contributed by atoms with E-state index in [0.29, 0.717) is 12.2 Å². The minimum absolute atomic E-state index is 0.136. The average molecular weight is 419 g/mol. The van der Waals surface area contributed by atoms with E-state index in [1.165, 1.54) is 25.7 Å². The van der Waals surface area contributed by atoms with Crippen molar-refractivity contribution in [3.8, 4) is 0 Å². The van der Waals surface area contributed by atoms with E-state index in [9.17, 15) is 13.2 Å². The van der Waals surface area contributed by atoms with Gasteiger partial charge in [-0.2, -0.15) is 0 Å². The fourth-order valence-corrected chi connectivity index (χ4v) is 3.80. The number of likely N-dealkylation sites (N-methyl/N-ethyl adjacent to an activating group) is 1. The summed E-state index contributed by atoms with van der Waals surface area (Å²) in [5, 5.41) is 2.86. The second kappa shape index (κ2) is 9.39. The number of rotatable bonds is 8. The number of amides is 1. The Morgan fingerprint density at radius 3 is 2.14 bits per heavy atom. The Kier molecular flexibility index (Phi) is 7.40. The molecule has 0 saturated heterocycles. The highest BCUT2D eigenvalue weighted by molar-refractivity contribution is 7.89. The van der Waals surface area contributed by atoms with Crippen LogP contribution >= 0.6 is 0 Å². The number of anilines is 2. The molecule has 158 valence electrons. The lowest BCUT2D eigenvalue weighted by Crippen LogP contribution is -2.30. The van der Waals surface area contributed by atoms with Crippen LogP contribution in [-0.2, 0) is 21.4 Å². The van der Waals surface area contributed by atoms with Crippen LogP contribution in [0.1, 0.15) is 11.1 Å². The molecule has 0 aliphatic carbocycles. The van der Waals surface area contributed by atoms with Crippen LogP contribution in [0.25, 0.3) is 0 Å². The van der Waals surface area contributed by atoms with Gasteiger partial charge in [0.1, 0.15) is 0 Å². The molecule has 0 aliphatic rings. The Hall–Kier alpha value is -2.42. The Bertz CT molecular complexity index is 954. The molecule has 8 heteroatoms. The normalized spacial score (nSPS) is 11.7. The maximum absolute atomic E-state index is 12.6. The zero-order valence-corrected chi connectivity index (χ0v) is 18.7. The molecule has 0 fully saturated rings. The highest BCUT2D eigenvalue weighted by atomic mass is 32.2. The predicted molar refractivity (Wildman–Crippen MR) is 118 cm³/mol. The fraction of sp³-hybridized carbons (Fsp3) is 0.381. The summed E-state index contributed by atoms with van der Waals surface area (Å²) in [4.78, 5) is 16.5. The van der Waals surface area contributed by atoms with Crippen LogP contribution in [0.2, 0.25) is 0 Å². The molecule has 0 spiro atoms. The zero-order valence-electron chi connectivity index (χ0n) is 17.9. The Labute approximate surface area is 174 Å². The van der Waals surface area contributed by atoms with Crippen LogP contribution in [0.15, 0.2) is 47.4 Å². The summed E-state index contributed by atoms with van der Waals surface area (Å²) in [6, 6.07) is 12.9. The molecule has 2 aromatic rings. The molecule has 0 heterocycles. The maximum atomic E-state index is 12.6. The molecule has 0 atom stereocenters. The summed E-state index contributed by atoms with van der Waals surface area (Å²) in [5.74, 6) is -0.206. The zero-order chi connectivity index (χ0) is 21.8. The number of sulfonamides is 1. The van der Waals surface area contributed by atoms with Crippen molar-refractivity contribution in [2.45, 2.75) is 18.4 Å². The van der Waals surface area contributed by atoms with Crippen LogP contribution in [0.5, 0.6) is 0 Å². The highest BCUT2D eigenvalue weighted by Crippen LogP contribution is 2.28. The van der Waals surface area contributed by atoms with Gasteiger partial charge in [-0.1, -0.05) is 29.8 Å². The number of carbonyl (C=O) groups is 1. The highest BCUT2D eigenvalue weighted by Gasteiger charge is 2.20. The molecular formula is C21H30N4O3S. The number of hydrogen-bond donors (Lipinski definition) is 1. The standard InChI is InChI=1S/C21H30N4O3S/c1-16-7-9-17(10-8-16)14-25(6)15-21(26)22-19-13-18(29(27,28)24(4)5)11-12-20(19)23(2)3/h7-13H,14-15H2,1-6H3,(H,22,26). The Morgan fingerprint density at radius 1 is 0.966 bits per heavy atom. The van der Waals surface area contributed by atoms with Gasteiger partial charge in [0.15, 0.2) is 0 Å². The van der Waals surface area contributed by atoms with Gasteiger partial charge in [0.2, 0.25) is 15.9 Å². The number of nitrogens with one attached hydrogen (secondary N) is 1. The van der Waals surface area contributed by atoms with E-state index in [0.717, 1.165) is 15.6 Å². The van der Waals surface area contributed by atoms with Gasteiger partial charge in [-0.05, 0) is 37.7 Å². The van der Waals surface area contributed by atoms with E-state index >= 15 is 0 Å². The Balaban J connectivity index is 2.16. The summed E-state index contributed by atoms with van der Waals surface area (Å²) < 4.78 is 26.0. The smallest absolute Gasteiger partial charge is 0.242 e. The quantitative estimate of drug-likeness (QED) is 0.713. The van der Waals surface area contributed by atoms with E-state index in [1.54, 1.807) is 12.1 Å². The average Bonchev–Trinajstić information content (AvgIpc) is 2.63. The number of hydrogen-bond acceptors (Lipinski definition) is 5. The topological polar surface area (TPSA) is 73.0 Å². The first-order valence-corrected chi connectivity index (χ1v) is 10.7. The summed E-state index contributed by atoms with van der Waals surface area (Å²) in [6.45, 7) is 2.86. The van der Waals surface area contributed by atoms with Crippen molar-refractivity contribution in [2.75, 3.05) is 52.0 Å². The number of benzene rings is 2. The van der Waals surface area contributed by atoms with Gasteiger partial charge in [-0.25, -0.2) is 12.7 Å². The van der Waals surface area contributed by atoms with Crippen LogP contribution in [0.3, 0.4) is 0 Å². The monoisotopic (exact) mass is 418 g/mol. The van der Waals surface area contributed by atoms with Gasteiger partial charge in [0.05, 0.1) is 22.8 Å². The van der Waals surface area contributed by atoms with Crippen molar-refractivity contribution in [1.82, 2.24) is 9.21 Å². The van der Waals surface area contributed by atoms with Crippen molar-refractivity contribution in [3.05, 3.63) is 53.6 Å². The molecule has 1 amide bonds. The lowest BCUT2D eigenvalue weighted by atomic mass is 10.1. The molecule has 0 unspecified atom stereocenters. The molecule has 29 heavy (non-hydrogen) atoms. The van der Waals surface area contributed by atoms with E-state index in [4.69, 9.17) is 0 Å². The summed E-state index contributed by atoms with van der Waals surface area (Å²) in [5.41, 5.74) is 3.51. The van der Waals surface area contributed by atoms with E-state index in [2.05, 4.69) is 5.32 Å². The van der Waals surface area contributed by atoms with Crippen LogP contribution in [0.4, 0.5) is 11.4 Å². The van der Waals surface area contributed by atoms with Crippen LogP contribution in [0, 0.1) is 6.92 Å². The first-order chi connectivity index (χ1) is 13.5. The molecule has 0 aliphatic heterocycles. The predicted octanol–water partition coefficient (Wildman–Crippen LogP) is 2.38. The third kappa shape index (κ3) is 6.03. The largest absolute Gasteiger partial charge is 0.376 e. The number of carbonyl (C=O) groups excluding carboxylic acids is 1. The molecule has 0 aromatic heterocycles. The fourth-order valence-electron chi connectivity index (χ4n) is 2.87.